The van der Waals surface area contributed by atoms with Crippen molar-refractivity contribution in [1.29, 1.82) is 0 Å². The Kier molecular flexibility index (Phi) is 5.37. The van der Waals surface area contributed by atoms with E-state index in [-0.39, 0.29) is 24.9 Å². The minimum absolute atomic E-state index is 0.130. The maximum atomic E-state index is 12.3. The molecule has 0 saturated carbocycles. The highest BCUT2D eigenvalue weighted by molar-refractivity contribution is 9.10. The fourth-order valence-electron chi connectivity index (χ4n) is 2.90. The first-order valence-corrected chi connectivity index (χ1v) is 9.02. The third-order valence-electron chi connectivity index (χ3n) is 4.22. The zero-order chi connectivity index (χ0) is 18.7. The number of benzene rings is 2. The molecular formula is C19H18BrN3O3. The zero-order valence-corrected chi connectivity index (χ0v) is 15.7. The largest absolute Gasteiger partial charge is 0.349 e. The van der Waals surface area contributed by atoms with E-state index in [1.807, 2.05) is 31.2 Å². The molecule has 26 heavy (non-hydrogen) atoms. The van der Waals surface area contributed by atoms with Gasteiger partial charge in [-0.15, -0.1) is 0 Å². The summed E-state index contributed by atoms with van der Waals surface area (Å²) in [4.78, 5) is 38.6. The van der Waals surface area contributed by atoms with Crippen molar-refractivity contribution in [2.45, 2.75) is 25.9 Å². The number of rotatable bonds is 5. The molecule has 134 valence electrons. The van der Waals surface area contributed by atoms with Gasteiger partial charge in [0.25, 0.3) is 5.56 Å². The van der Waals surface area contributed by atoms with Crippen LogP contribution in [0.3, 0.4) is 0 Å². The summed E-state index contributed by atoms with van der Waals surface area (Å²) in [7, 11) is 0. The molecule has 2 N–H and O–H groups in total. The molecule has 0 aliphatic heterocycles. The maximum Gasteiger partial charge on any atom is 0.328 e. The summed E-state index contributed by atoms with van der Waals surface area (Å²) in [5, 5.41) is 3.36. The molecule has 7 heteroatoms. The number of carbonyl (C=O) groups is 1. The molecule has 6 nitrogen and oxygen atoms in total. The van der Waals surface area contributed by atoms with Gasteiger partial charge >= 0.3 is 5.69 Å². The lowest BCUT2D eigenvalue weighted by atomic mass is 10.1. The van der Waals surface area contributed by atoms with Crippen LogP contribution in [0.2, 0.25) is 0 Å². The lowest BCUT2D eigenvalue weighted by molar-refractivity contribution is -0.121. The number of nitrogens with one attached hydrogen (secondary N) is 2. The number of amides is 1. The summed E-state index contributed by atoms with van der Waals surface area (Å²) in [5.74, 6) is -0.171. The van der Waals surface area contributed by atoms with Crippen LogP contribution >= 0.6 is 15.9 Å². The summed E-state index contributed by atoms with van der Waals surface area (Å²) in [5.41, 5.74) is 0.564. The van der Waals surface area contributed by atoms with E-state index in [1.54, 1.807) is 24.3 Å². The Labute approximate surface area is 158 Å². The number of aryl methyl sites for hydroxylation is 1. The molecule has 0 saturated heterocycles. The molecule has 0 aliphatic carbocycles. The minimum atomic E-state index is -0.514. The Balaban J connectivity index is 1.75. The molecule has 1 atom stereocenters. The molecule has 0 fully saturated rings. The lowest BCUT2D eigenvalue weighted by Gasteiger charge is -2.16. The quantitative estimate of drug-likeness (QED) is 0.671. The van der Waals surface area contributed by atoms with Crippen molar-refractivity contribution < 1.29 is 4.79 Å². The highest BCUT2D eigenvalue weighted by Gasteiger charge is 2.13. The monoisotopic (exact) mass is 415 g/mol. The molecule has 0 aliphatic rings. The molecule has 1 heterocycles. The Bertz CT molecular complexity index is 1070. The van der Waals surface area contributed by atoms with Crippen molar-refractivity contribution in [3.8, 4) is 0 Å². The average Bonchev–Trinajstić information content (AvgIpc) is 2.61. The van der Waals surface area contributed by atoms with Crippen molar-refractivity contribution in [2.75, 3.05) is 0 Å². The van der Waals surface area contributed by atoms with E-state index in [9.17, 15) is 14.4 Å². The summed E-state index contributed by atoms with van der Waals surface area (Å²) < 4.78 is 2.34. The van der Waals surface area contributed by atoms with Crippen molar-refractivity contribution in [1.82, 2.24) is 14.9 Å². The van der Waals surface area contributed by atoms with E-state index >= 15 is 0 Å². The number of halogens is 1. The molecule has 1 amide bonds. The SMILES string of the molecule is C[C@@H](NC(=O)CCn1c(=O)[nH]c(=O)c2ccccc21)c1ccccc1Br. The van der Waals surface area contributed by atoms with Crippen LogP contribution in [0.25, 0.3) is 10.9 Å². The zero-order valence-electron chi connectivity index (χ0n) is 14.2. The van der Waals surface area contributed by atoms with E-state index in [2.05, 4.69) is 26.2 Å². The number of hydrogen-bond donors (Lipinski definition) is 2. The summed E-state index contributed by atoms with van der Waals surface area (Å²) in [6.45, 7) is 2.09. The first-order valence-electron chi connectivity index (χ1n) is 8.23. The van der Waals surface area contributed by atoms with E-state index in [1.165, 1.54) is 4.57 Å². The minimum Gasteiger partial charge on any atom is -0.349 e. The smallest absolute Gasteiger partial charge is 0.328 e. The number of aromatic amines is 1. The molecule has 3 rings (SSSR count). The second-order valence-electron chi connectivity index (χ2n) is 5.99. The molecule has 0 bridgehead atoms. The maximum absolute atomic E-state index is 12.3. The standard InChI is InChI=1S/C19H18BrN3O3/c1-12(13-6-2-4-8-15(13)20)21-17(24)10-11-23-16-9-5-3-7-14(16)18(25)22-19(23)26/h2-9,12H,10-11H2,1H3,(H,21,24)(H,22,25,26)/t12-/m1/s1. The summed E-state index contributed by atoms with van der Waals surface area (Å²) in [6, 6.07) is 14.4. The molecule has 0 radical (unpaired) electrons. The first kappa shape index (κ1) is 18.1. The van der Waals surface area contributed by atoms with Gasteiger partial charge in [-0.1, -0.05) is 46.3 Å². The van der Waals surface area contributed by atoms with E-state index < -0.39 is 11.2 Å². The molecule has 1 aromatic heterocycles. The van der Waals surface area contributed by atoms with Crippen LogP contribution in [0, 0.1) is 0 Å². The first-order chi connectivity index (χ1) is 12.5. The van der Waals surface area contributed by atoms with Gasteiger partial charge in [-0.05, 0) is 30.7 Å². The van der Waals surface area contributed by atoms with Crippen LogP contribution in [0.4, 0.5) is 0 Å². The van der Waals surface area contributed by atoms with Gasteiger partial charge in [0.1, 0.15) is 0 Å². The van der Waals surface area contributed by atoms with Gasteiger partial charge in [0.15, 0.2) is 0 Å². The summed E-state index contributed by atoms with van der Waals surface area (Å²) >= 11 is 3.48. The van der Waals surface area contributed by atoms with Crippen LogP contribution < -0.4 is 16.6 Å². The molecular weight excluding hydrogens is 398 g/mol. The van der Waals surface area contributed by atoms with Crippen LogP contribution in [-0.2, 0) is 11.3 Å². The van der Waals surface area contributed by atoms with Gasteiger partial charge in [-0.25, -0.2) is 4.79 Å². The van der Waals surface area contributed by atoms with Crippen molar-refractivity contribution in [2.24, 2.45) is 0 Å². The van der Waals surface area contributed by atoms with Crippen LogP contribution in [0.1, 0.15) is 24.9 Å². The van der Waals surface area contributed by atoms with Crippen molar-refractivity contribution in [3.63, 3.8) is 0 Å². The Morgan fingerprint density at radius 2 is 1.85 bits per heavy atom. The molecule has 0 spiro atoms. The highest BCUT2D eigenvalue weighted by atomic mass is 79.9. The number of H-pyrrole nitrogens is 1. The van der Waals surface area contributed by atoms with Gasteiger partial charge in [0, 0.05) is 17.4 Å². The topological polar surface area (TPSA) is 84.0 Å². The number of aromatic nitrogens is 2. The van der Waals surface area contributed by atoms with Gasteiger partial charge in [-0.2, -0.15) is 0 Å². The predicted molar refractivity (Wildman–Crippen MR) is 104 cm³/mol. The molecule has 3 aromatic rings. The Morgan fingerprint density at radius 3 is 2.62 bits per heavy atom. The number of hydrogen-bond acceptors (Lipinski definition) is 3. The highest BCUT2D eigenvalue weighted by Crippen LogP contribution is 2.22. The van der Waals surface area contributed by atoms with Crippen LogP contribution in [0.15, 0.2) is 62.6 Å². The van der Waals surface area contributed by atoms with Crippen LogP contribution in [0.5, 0.6) is 0 Å². The van der Waals surface area contributed by atoms with Gasteiger partial charge in [0.2, 0.25) is 5.91 Å². The average molecular weight is 416 g/mol. The Hall–Kier alpha value is -2.67. The number of para-hydroxylation sites is 1. The lowest BCUT2D eigenvalue weighted by Crippen LogP contribution is -2.33. The van der Waals surface area contributed by atoms with Gasteiger partial charge < -0.3 is 5.32 Å². The van der Waals surface area contributed by atoms with Gasteiger partial charge in [0.05, 0.1) is 16.9 Å². The number of nitrogens with zero attached hydrogens (tertiary/aromatic N) is 1. The predicted octanol–water partition coefficient (Wildman–Crippen LogP) is 2.72. The second-order valence-corrected chi connectivity index (χ2v) is 6.84. The number of carbonyl (C=O) groups excluding carboxylic acids is 1. The van der Waals surface area contributed by atoms with E-state index in [4.69, 9.17) is 0 Å². The van der Waals surface area contributed by atoms with Crippen LogP contribution in [-0.4, -0.2) is 15.5 Å². The van der Waals surface area contributed by atoms with Crippen molar-refractivity contribution in [3.05, 3.63) is 79.4 Å². The number of fused-ring (bicyclic) bond motifs is 1. The van der Waals surface area contributed by atoms with Gasteiger partial charge in [-0.3, -0.25) is 19.1 Å². The Morgan fingerprint density at radius 1 is 1.15 bits per heavy atom. The molecule has 0 unspecified atom stereocenters. The van der Waals surface area contributed by atoms with E-state index in [0.717, 1.165) is 10.0 Å². The normalized spacial score (nSPS) is 12.1. The third kappa shape index (κ3) is 3.77. The third-order valence-corrected chi connectivity index (χ3v) is 4.94. The summed E-state index contributed by atoms with van der Waals surface area (Å²) in [6.07, 6.45) is 0.130. The van der Waals surface area contributed by atoms with E-state index in [0.29, 0.717) is 10.9 Å². The second kappa shape index (κ2) is 7.70. The fraction of sp³-hybridized carbons (Fsp3) is 0.211. The van der Waals surface area contributed by atoms with Crippen molar-refractivity contribution >= 4 is 32.7 Å². The fourth-order valence-corrected chi connectivity index (χ4v) is 3.52. The molecule has 2 aromatic carbocycles.